The van der Waals surface area contributed by atoms with E-state index in [9.17, 15) is 0 Å². The minimum Gasteiger partial charge on any atom is -0.493 e. The van der Waals surface area contributed by atoms with Crippen molar-refractivity contribution in [3.8, 4) is 17.1 Å². The van der Waals surface area contributed by atoms with Crippen LogP contribution >= 0.6 is 27.7 Å². The first-order chi connectivity index (χ1) is 13.3. The van der Waals surface area contributed by atoms with Gasteiger partial charge in [-0.05, 0) is 36.2 Å². The number of nitrogens with zero attached hydrogens (tertiary/aromatic N) is 4. The molecule has 0 amide bonds. The molecule has 7 heteroatoms. The smallest absolute Gasteiger partial charge is 0.212 e. The second-order valence-corrected chi connectivity index (χ2v) is 8.02. The third kappa shape index (κ3) is 3.94. The van der Waals surface area contributed by atoms with E-state index in [1.807, 2.05) is 41.1 Å². The molecule has 5 nitrogen and oxygen atoms in total. The van der Waals surface area contributed by atoms with Crippen molar-refractivity contribution in [3.63, 3.8) is 0 Å². The maximum absolute atomic E-state index is 5.98. The van der Waals surface area contributed by atoms with Crippen molar-refractivity contribution in [1.82, 2.24) is 14.9 Å². The summed E-state index contributed by atoms with van der Waals surface area (Å²) in [4.78, 5) is 0. The fraction of sp³-hybridized carbons (Fsp3) is 0.250. The molecule has 0 saturated carbocycles. The molecule has 0 unspecified atom stereocenters. The van der Waals surface area contributed by atoms with Crippen LogP contribution in [-0.2, 0) is 0 Å². The van der Waals surface area contributed by atoms with Gasteiger partial charge < -0.3 is 4.74 Å². The van der Waals surface area contributed by atoms with E-state index in [0.29, 0.717) is 12.4 Å². The Labute approximate surface area is 171 Å². The first-order valence-corrected chi connectivity index (χ1v) is 10.7. The normalized spacial score (nSPS) is 13.2. The summed E-state index contributed by atoms with van der Waals surface area (Å²) >= 11 is 5.13. The monoisotopic (exact) mass is 442 g/mol. The number of thioether (sulfide) groups is 1. The number of aromatic nitrogens is 3. The molecule has 1 aliphatic heterocycles. The van der Waals surface area contributed by atoms with Gasteiger partial charge in [0, 0.05) is 10.2 Å². The van der Waals surface area contributed by atoms with Crippen LogP contribution in [0.4, 0.5) is 0 Å². The van der Waals surface area contributed by atoms with Gasteiger partial charge in [-0.1, -0.05) is 65.3 Å². The van der Waals surface area contributed by atoms with Crippen LogP contribution in [0.5, 0.6) is 5.75 Å². The number of ether oxygens (including phenoxy) is 1. The predicted molar refractivity (Wildman–Crippen MR) is 113 cm³/mol. The molecule has 0 spiro atoms. The highest BCUT2D eigenvalue weighted by atomic mass is 79.9. The zero-order valence-electron chi connectivity index (χ0n) is 14.9. The summed E-state index contributed by atoms with van der Waals surface area (Å²) < 4.78 is 8.86. The van der Waals surface area contributed by atoms with Crippen molar-refractivity contribution in [2.45, 2.75) is 24.9 Å². The van der Waals surface area contributed by atoms with Crippen LogP contribution in [0, 0.1) is 0 Å². The Balaban J connectivity index is 1.71. The van der Waals surface area contributed by atoms with E-state index in [1.54, 1.807) is 11.8 Å². The summed E-state index contributed by atoms with van der Waals surface area (Å²) in [6.45, 7) is 2.84. The number of hydrogen-bond donors (Lipinski definition) is 0. The molecule has 0 bridgehead atoms. The van der Waals surface area contributed by atoms with Crippen LogP contribution in [0.25, 0.3) is 11.4 Å². The van der Waals surface area contributed by atoms with Crippen LogP contribution in [0.1, 0.15) is 25.3 Å². The largest absolute Gasteiger partial charge is 0.493 e. The average molecular weight is 443 g/mol. The number of fused-ring (bicyclic) bond motifs is 1. The number of rotatable bonds is 6. The lowest BCUT2D eigenvalue weighted by Crippen LogP contribution is -2.13. The van der Waals surface area contributed by atoms with Gasteiger partial charge in [0.2, 0.25) is 5.16 Å². The van der Waals surface area contributed by atoms with Gasteiger partial charge in [-0.25, -0.2) is 0 Å². The molecular weight excluding hydrogens is 424 g/mol. The van der Waals surface area contributed by atoms with E-state index < -0.39 is 0 Å². The quantitative estimate of drug-likeness (QED) is 0.489. The fourth-order valence-corrected chi connectivity index (χ4v) is 3.89. The molecule has 0 radical (unpaired) electrons. The third-order valence-electron chi connectivity index (χ3n) is 4.23. The van der Waals surface area contributed by atoms with Crippen LogP contribution in [0.15, 0.2) is 63.3 Å². The van der Waals surface area contributed by atoms with Crippen molar-refractivity contribution in [1.29, 1.82) is 0 Å². The van der Waals surface area contributed by atoms with Crippen LogP contribution < -0.4 is 4.74 Å². The van der Waals surface area contributed by atoms with Crippen molar-refractivity contribution in [2.75, 3.05) is 12.4 Å². The van der Waals surface area contributed by atoms with Gasteiger partial charge in [-0.3, -0.25) is 0 Å². The average Bonchev–Trinajstić information content (AvgIpc) is 3.12. The van der Waals surface area contributed by atoms with Gasteiger partial charge in [-0.15, -0.1) is 10.2 Å². The first-order valence-electron chi connectivity index (χ1n) is 8.90. The molecule has 27 heavy (non-hydrogen) atoms. The minimum absolute atomic E-state index is 0.691. The second kappa shape index (κ2) is 8.27. The van der Waals surface area contributed by atoms with Crippen molar-refractivity contribution >= 4 is 33.4 Å². The van der Waals surface area contributed by atoms with Gasteiger partial charge in [0.1, 0.15) is 5.75 Å². The topological polar surface area (TPSA) is 52.3 Å². The highest BCUT2D eigenvalue weighted by Crippen LogP contribution is 2.33. The molecule has 0 aliphatic carbocycles. The Kier molecular flexibility index (Phi) is 5.59. The minimum atomic E-state index is 0.691. The number of para-hydroxylation sites is 1. The Morgan fingerprint density at radius 1 is 1.11 bits per heavy atom. The lowest BCUT2D eigenvalue weighted by molar-refractivity contribution is 0.310. The van der Waals surface area contributed by atoms with Gasteiger partial charge in [0.25, 0.3) is 0 Å². The third-order valence-corrected chi connectivity index (χ3v) is 5.69. The molecule has 0 fully saturated rings. The summed E-state index contributed by atoms with van der Waals surface area (Å²) in [6.07, 6.45) is 2.12. The number of benzene rings is 2. The molecule has 0 saturated heterocycles. The summed E-state index contributed by atoms with van der Waals surface area (Å²) in [5.74, 6) is 2.30. The van der Waals surface area contributed by atoms with E-state index in [1.165, 1.54) is 0 Å². The van der Waals surface area contributed by atoms with Gasteiger partial charge in [0.05, 0.1) is 17.9 Å². The Morgan fingerprint density at radius 3 is 2.74 bits per heavy atom. The molecular formula is C20H19BrN4OS. The first kappa shape index (κ1) is 18.3. The molecule has 3 aromatic rings. The van der Waals surface area contributed by atoms with Gasteiger partial charge in [0.15, 0.2) is 5.82 Å². The van der Waals surface area contributed by atoms with Crippen molar-refractivity contribution in [3.05, 3.63) is 58.6 Å². The van der Waals surface area contributed by atoms with Crippen molar-refractivity contribution < 1.29 is 4.74 Å². The summed E-state index contributed by atoms with van der Waals surface area (Å²) in [6, 6.07) is 16.1. The zero-order valence-corrected chi connectivity index (χ0v) is 17.3. The van der Waals surface area contributed by atoms with E-state index in [2.05, 4.69) is 45.2 Å². The van der Waals surface area contributed by atoms with E-state index >= 15 is 0 Å². The molecule has 4 rings (SSSR count). The molecule has 1 aromatic heterocycles. The molecule has 0 atom stereocenters. The zero-order chi connectivity index (χ0) is 18.6. The summed E-state index contributed by atoms with van der Waals surface area (Å²) in [5, 5.41) is 14.4. The number of unbranched alkanes of at least 4 members (excludes halogenated alkanes) is 1. The molecule has 138 valence electrons. The van der Waals surface area contributed by atoms with Crippen LogP contribution in [-0.4, -0.2) is 32.9 Å². The van der Waals surface area contributed by atoms with Gasteiger partial charge in [-0.2, -0.15) is 9.78 Å². The maximum Gasteiger partial charge on any atom is 0.212 e. The van der Waals surface area contributed by atoms with Crippen LogP contribution in [0.3, 0.4) is 0 Å². The molecule has 0 N–H and O–H groups in total. The van der Waals surface area contributed by atoms with Gasteiger partial charge >= 0.3 is 0 Å². The van der Waals surface area contributed by atoms with E-state index in [4.69, 9.17) is 9.84 Å². The second-order valence-electron chi connectivity index (χ2n) is 6.16. The Bertz CT molecular complexity index is 968. The fourth-order valence-electron chi connectivity index (χ4n) is 2.78. The molecule has 2 heterocycles. The maximum atomic E-state index is 5.98. The Morgan fingerprint density at radius 2 is 1.93 bits per heavy atom. The van der Waals surface area contributed by atoms with E-state index in [-0.39, 0.29) is 0 Å². The predicted octanol–water partition coefficient (Wildman–Crippen LogP) is 5.24. The van der Waals surface area contributed by atoms with E-state index in [0.717, 1.165) is 50.8 Å². The lowest BCUT2D eigenvalue weighted by atomic mass is 10.1. The van der Waals surface area contributed by atoms with Crippen molar-refractivity contribution in [2.24, 2.45) is 5.10 Å². The van der Waals surface area contributed by atoms with Crippen LogP contribution in [0.2, 0.25) is 0 Å². The lowest BCUT2D eigenvalue weighted by Gasteiger charge is -2.15. The summed E-state index contributed by atoms with van der Waals surface area (Å²) in [7, 11) is 0. The standard InChI is InChI=1S/C20H19BrN4OS/c1-2-3-12-26-18-7-5-4-6-16(18)19-22-23-20-25(19)24-17(13-27-20)14-8-10-15(21)11-9-14/h4-11H,2-3,12-13H2,1H3. The molecule has 2 aromatic carbocycles. The molecule has 1 aliphatic rings. The highest BCUT2D eigenvalue weighted by molar-refractivity contribution is 9.10. The Hall–Kier alpha value is -2.12. The summed E-state index contributed by atoms with van der Waals surface area (Å²) in [5.41, 5.74) is 3.02. The number of hydrogen-bond acceptors (Lipinski definition) is 5. The number of halogens is 1. The SMILES string of the molecule is CCCCOc1ccccc1-c1nnc2n1N=C(c1ccc(Br)cc1)CS2. The highest BCUT2D eigenvalue weighted by Gasteiger charge is 2.22.